The van der Waals surface area contributed by atoms with Gasteiger partial charge in [0.15, 0.2) is 20.5 Å². The largest absolute Gasteiger partial charge is 0.466 e. The molecule has 8 atom stereocenters. The molecule has 2 saturated heterocycles. The van der Waals surface area contributed by atoms with Crippen LogP contribution in [-0.4, -0.2) is 150 Å². The zero-order valence-corrected chi connectivity index (χ0v) is 50.3. The van der Waals surface area contributed by atoms with Crippen LogP contribution in [-0.2, 0) is 71.1 Å². The van der Waals surface area contributed by atoms with Gasteiger partial charge in [-0.05, 0) is 67.1 Å². The van der Waals surface area contributed by atoms with Crippen LogP contribution < -0.4 is 0 Å². The first kappa shape index (κ1) is 71.1. The molecule has 19 heteroatoms. The third-order valence-electron chi connectivity index (χ3n) is 14.8. The Morgan fingerprint density at radius 2 is 1.01 bits per heavy atom. The molecule has 2 heterocycles. The number of carbonyl (C=O) groups is 6. The molecule has 0 aromatic carbocycles. The lowest BCUT2D eigenvalue weighted by molar-refractivity contribution is -0.338. The van der Waals surface area contributed by atoms with E-state index in [9.17, 15) is 44.1 Å². The van der Waals surface area contributed by atoms with Crippen LogP contribution in [0, 0.1) is 10.8 Å². The summed E-state index contributed by atoms with van der Waals surface area (Å²) in [4.78, 5) is 73.1. The topological polar surface area (TPSA) is 246 Å². The highest BCUT2D eigenvalue weighted by molar-refractivity contribution is 6.74. The summed E-state index contributed by atoms with van der Waals surface area (Å²) < 4.78 is 52.8. The van der Waals surface area contributed by atoms with Crippen molar-refractivity contribution in [3.63, 3.8) is 0 Å². The Balaban J connectivity index is 0.000000783. The number of ether oxygens (including phenoxy) is 8. The second-order valence-electron chi connectivity index (χ2n) is 22.7. The van der Waals surface area contributed by atoms with E-state index in [0.717, 1.165) is 51.4 Å². The van der Waals surface area contributed by atoms with Crippen molar-refractivity contribution < 1.29 is 86.4 Å². The summed E-state index contributed by atoms with van der Waals surface area (Å²) in [6.45, 7) is 21.7. The number of allylic oxidation sites excluding steroid dienone is 2. The predicted octanol–water partition coefficient (Wildman–Crippen LogP) is 9.06. The summed E-state index contributed by atoms with van der Waals surface area (Å²) >= 11 is 0. The fourth-order valence-electron chi connectivity index (χ4n) is 9.19. The molecule has 77 heavy (non-hydrogen) atoms. The number of aliphatic hydroxyl groups is 3. The first-order chi connectivity index (χ1) is 36.1. The zero-order chi connectivity index (χ0) is 58.7. The monoisotopic (exact) mass is 1110 g/mol. The Labute approximate surface area is 461 Å². The van der Waals surface area contributed by atoms with Crippen LogP contribution in [0.15, 0.2) is 47.6 Å². The summed E-state index contributed by atoms with van der Waals surface area (Å²) in [6, 6.07) is 0. The van der Waals surface area contributed by atoms with Gasteiger partial charge in [-0.25, -0.2) is 9.59 Å². The smallest absolute Gasteiger partial charge is 0.330 e. The third-order valence-corrected chi connectivity index (χ3v) is 19.3. The molecule has 2 fully saturated rings. The molecule has 1 unspecified atom stereocenters. The van der Waals surface area contributed by atoms with Crippen molar-refractivity contribution in [1.82, 2.24) is 0 Å². The molecule has 3 N–H and O–H groups in total. The summed E-state index contributed by atoms with van der Waals surface area (Å²) in [5, 5.41) is 30.4. The summed E-state index contributed by atoms with van der Waals surface area (Å²) in [7, 11) is 3.25. The quantitative estimate of drug-likeness (QED) is 0.0142. The summed E-state index contributed by atoms with van der Waals surface area (Å²) in [6.07, 6.45) is 14.8. The van der Waals surface area contributed by atoms with Gasteiger partial charge in [-0.1, -0.05) is 126 Å². The molecule has 2 rings (SSSR count). The van der Waals surface area contributed by atoms with Gasteiger partial charge in [-0.2, -0.15) is 0 Å². The number of aldehydes is 2. The van der Waals surface area contributed by atoms with Gasteiger partial charge < -0.3 is 57.6 Å². The molecule has 2 aliphatic heterocycles. The van der Waals surface area contributed by atoms with E-state index in [1.807, 2.05) is 0 Å². The minimum atomic E-state index is -2.10. The van der Waals surface area contributed by atoms with Gasteiger partial charge in [-0.15, -0.1) is 0 Å². The van der Waals surface area contributed by atoms with Crippen molar-refractivity contribution in [3.05, 3.63) is 47.6 Å². The minimum absolute atomic E-state index is 0.0161. The predicted molar refractivity (Wildman–Crippen MR) is 295 cm³/mol. The molecule has 0 aliphatic carbocycles. The Kier molecular flexibility index (Phi) is 31.6. The van der Waals surface area contributed by atoms with Crippen LogP contribution in [0.2, 0.25) is 18.1 Å². The van der Waals surface area contributed by atoms with E-state index in [4.69, 9.17) is 42.3 Å². The lowest BCUT2D eigenvalue weighted by Crippen LogP contribution is -2.63. The van der Waals surface area contributed by atoms with E-state index < -0.39 is 97.8 Å². The van der Waals surface area contributed by atoms with Crippen LogP contribution in [0.5, 0.6) is 0 Å². The molecule has 0 amide bonds. The van der Waals surface area contributed by atoms with Crippen molar-refractivity contribution in [3.8, 4) is 0 Å². The first-order valence-electron chi connectivity index (χ1n) is 27.4. The Hall–Kier alpha value is -3.92. The van der Waals surface area contributed by atoms with Crippen LogP contribution >= 0.6 is 0 Å². The molecule has 0 saturated carbocycles. The highest BCUT2D eigenvalue weighted by atomic mass is 28.4. The van der Waals surface area contributed by atoms with E-state index in [2.05, 4.69) is 47.7 Å². The average Bonchev–Trinajstić information content (AvgIpc) is 3.37. The number of carbonyl (C=O) groups excluding carboxylic acids is 6. The summed E-state index contributed by atoms with van der Waals surface area (Å²) in [5.41, 5.74) is -1.19. The van der Waals surface area contributed by atoms with Gasteiger partial charge in [-0.3, -0.25) is 19.2 Å². The molecular formula is C58H98O18Si. The van der Waals surface area contributed by atoms with Gasteiger partial charge in [0.25, 0.3) is 0 Å². The highest BCUT2D eigenvalue weighted by Crippen LogP contribution is 2.50. The van der Waals surface area contributed by atoms with Crippen molar-refractivity contribution in [1.29, 1.82) is 0 Å². The molecule has 0 radical (unpaired) electrons. The SMILES string of the molecule is CCCCCCCC(=O)O[C@H]1/C(=C/C(=O)OC)C[C@@H](CC(O)CO)O[C@@]1(OC)C(C)(C)/C=C/C=O.CCCCCCCC(=O)O[C@H]1/C(=C/C(=O)OC)C[C@@H](C[C@@H](O)CO[Si](C)(C)C(C)(C)C)O[C@@]1(OC)C(C)(C)/C=C/C=O. The number of methoxy groups -OCH3 is 4. The van der Waals surface area contributed by atoms with Crippen LogP contribution in [0.4, 0.5) is 0 Å². The normalized spacial score (nSPS) is 24.2. The molecule has 442 valence electrons. The maximum Gasteiger partial charge on any atom is 0.330 e. The fraction of sp³-hybridized carbons (Fsp3) is 0.759. The molecule has 0 bridgehead atoms. The van der Waals surface area contributed by atoms with E-state index in [1.165, 1.54) is 52.7 Å². The third kappa shape index (κ3) is 21.9. The van der Waals surface area contributed by atoms with E-state index >= 15 is 0 Å². The molecular weight excluding hydrogens is 1010 g/mol. The maximum absolute atomic E-state index is 13.1. The molecule has 18 nitrogen and oxygen atoms in total. The van der Waals surface area contributed by atoms with Crippen LogP contribution in [0.25, 0.3) is 0 Å². The van der Waals surface area contributed by atoms with E-state index in [-0.39, 0.29) is 50.2 Å². The Morgan fingerprint density at radius 1 is 0.636 bits per heavy atom. The van der Waals surface area contributed by atoms with Gasteiger partial charge in [0.2, 0.25) is 11.6 Å². The van der Waals surface area contributed by atoms with Gasteiger partial charge in [0, 0.05) is 62.9 Å². The average molecular weight is 1110 g/mol. The lowest BCUT2D eigenvalue weighted by atomic mass is 9.74. The van der Waals surface area contributed by atoms with Gasteiger partial charge in [0.05, 0.1) is 51.8 Å². The number of hydrogen-bond acceptors (Lipinski definition) is 18. The first-order valence-corrected chi connectivity index (χ1v) is 30.3. The van der Waals surface area contributed by atoms with Crippen molar-refractivity contribution in [2.24, 2.45) is 10.8 Å². The Bertz CT molecular complexity index is 1950. The van der Waals surface area contributed by atoms with Gasteiger partial charge in [0.1, 0.15) is 12.6 Å². The van der Waals surface area contributed by atoms with Crippen molar-refractivity contribution >= 4 is 44.8 Å². The number of hydrogen-bond donors (Lipinski definition) is 3. The zero-order valence-electron chi connectivity index (χ0n) is 49.3. The van der Waals surface area contributed by atoms with Crippen LogP contribution in [0.1, 0.15) is 165 Å². The second kappa shape index (κ2) is 34.3. The second-order valence-corrected chi connectivity index (χ2v) is 27.5. The van der Waals surface area contributed by atoms with E-state index in [1.54, 1.807) is 39.8 Å². The van der Waals surface area contributed by atoms with Gasteiger partial charge >= 0.3 is 23.9 Å². The number of aliphatic hydroxyl groups excluding tert-OH is 3. The minimum Gasteiger partial charge on any atom is -0.466 e. The molecule has 0 aromatic rings. The number of unbranched alkanes of at least 4 members (excludes halogenated alkanes) is 8. The van der Waals surface area contributed by atoms with Crippen LogP contribution in [0.3, 0.4) is 0 Å². The molecule has 2 aliphatic rings. The maximum atomic E-state index is 13.1. The van der Waals surface area contributed by atoms with Crippen molar-refractivity contribution in [2.75, 3.05) is 41.7 Å². The number of esters is 4. The molecule has 0 spiro atoms. The lowest BCUT2D eigenvalue weighted by Gasteiger charge is -2.53. The highest BCUT2D eigenvalue weighted by Gasteiger charge is 2.60. The standard InChI is InChI=1S/C32H56O9Si.C26H42O9/c1-11-12-13-14-15-17-27(35)40-29-24(21-28(36)37-7)20-26(22-25(34)23-39-42(9,10)30(2,3)4)41-32(29,38-8)31(5,6)18-16-19-33;1-6-7-8-9-10-12-22(30)34-24-19(16-23(31)32-4)15-21(17-20(29)18-28)35-26(24,33-5)25(2,3)13-11-14-27/h16,18-19,21,25-26,29,34H,11-15,17,20,22-23H2,1-10H3;11,13-14,16,20-21,24,28-29H,6-10,12,15,17-18H2,1-5H3/b18-16+,24-21+;13-11+,19-16+/t25-,26+,29+,32-;20?,21-,24-,26+/m10/s1. The van der Waals surface area contributed by atoms with Crippen molar-refractivity contribution in [2.45, 2.75) is 231 Å². The number of rotatable bonds is 32. The Morgan fingerprint density at radius 3 is 1.34 bits per heavy atom. The van der Waals surface area contributed by atoms with E-state index in [0.29, 0.717) is 36.6 Å². The molecule has 0 aromatic heterocycles. The summed E-state index contributed by atoms with van der Waals surface area (Å²) in [5.74, 6) is -5.41. The fourth-order valence-corrected chi connectivity index (χ4v) is 10.2.